The predicted molar refractivity (Wildman–Crippen MR) is 97.4 cm³/mol. The van der Waals surface area contributed by atoms with Gasteiger partial charge in [0, 0.05) is 19.2 Å². The Morgan fingerprint density at radius 1 is 1.11 bits per heavy atom. The normalized spacial score (nSPS) is 20.4. The highest BCUT2D eigenvalue weighted by Crippen LogP contribution is 2.59. The van der Waals surface area contributed by atoms with E-state index in [0.717, 1.165) is 5.56 Å². The number of carboxylic acid groups (broad SMARTS) is 1. The van der Waals surface area contributed by atoms with Crippen LogP contribution < -0.4 is 5.56 Å². The van der Waals surface area contributed by atoms with Crippen molar-refractivity contribution in [2.45, 2.75) is 25.8 Å². The number of aliphatic carboxylic acids is 1. The second-order valence-corrected chi connectivity index (χ2v) is 7.45. The minimum Gasteiger partial charge on any atom is -0.481 e. The van der Waals surface area contributed by atoms with Gasteiger partial charge in [-0.15, -0.1) is 0 Å². The van der Waals surface area contributed by atoms with Crippen molar-refractivity contribution in [3.05, 3.63) is 64.1 Å². The molecule has 7 nitrogen and oxygen atoms in total. The Bertz CT molecular complexity index is 930. The van der Waals surface area contributed by atoms with Crippen LogP contribution in [0.2, 0.25) is 0 Å². The maximum atomic E-state index is 12.8. The van der Waals surface area contributed by atoms with E-state index in [1.165, 1.54) is 16.8 Å². The first-order valence-corrected chi connectivity index (χ1v) is 9.13. The van der Waals surface area contributed by atoms with Gasteiger partial charge in [-0.1, -0.05) is 30.3 Å². The number of hydrogen-bond donors (Lipinski definition) is 1. The zero-order valence-corrected chi connectivity index (χ0v) is 14.9. The van der Waals surface area contributed by atoms with Gasteiger partial charge in [-0.2, -0.15) is 5.10 Å². The molecule has 0 radical (unpaired) electrons. The van der Waals surface area contributed by atoms with Crippen molar-refractivity contribution in [1.82, 2.24) is 14.7 Å². The first-order valence-electron chi connectivity index (χ1n) is 9.13. The van der Waals surface area contributed by atoms with Gasteiger partial charge in [0.25, 0.3) is 11.5 Å². The highest BCUT2D eigenvalue weighted by Gasteiger charge is 2.59. The molecule has 140 valence electrons. The Morgan fingerprint density at radius 2 is 1.81 bits per heavy atom. The monoisotopic (exact) mass is 367 g/mol. The standard InChI is InChI=1S/C20H21N3O4/c24-17-7-6-16(21-23(17)13-14-4-2-1-3-5-14)18(25)22-10-8-20(9-11-22)12-15(20)19(26)27/h1-7,15H,8-13H2,(H,26,27). The van der Waals surface area contributed by atoms with Gasteiger partial charge in [0.1, 0.15) is 5.69 Å². The molecular formula is C20H21N3O4. The lowest BCUT2D eigenvalue weighted by molar-refractivity contribution is -0.139. The summed E-state index contributed by atoms with van der Waals surface area (Å²) in [6.45, 7) is 1.37. The predicted octanol–water partition coefficient (Wildman–Crippen LogP) is 1.62. The van der Waals surface area contributed by atoms with E-state index in [0.29, 0.717) is 38.9 Å². The number of nitrogens with zero attached hydrogens (tertiary/aromatic N) is 3. The van der Waals surface area contributed by atoms with E-state index in [1.807, 2.05) is 30.3 Å². The highest BCUT2D eigenvalue weighted by atomic mass is 16.4. The largest absolute Gasteiger partial charge is 0.481 e. The maximum absolute atomic E-state index is 12.8. The van der Waals surface area contributed by atoms with Crippen LogP contribution in [0.1, 0.15) is 35.3 Å². The maximum Gasteiger partial charge on any atom is 0.307 e. The van der Waals surface area contributed by atoms with Gasteiger partial charge in [-0.3, -0.25) is 14.4 Å². The van der Waals surface area contributed by atoms with Gasteiger partial charge >= 0.3 is 5.97 Å². The summed E-state index contributed by atoms with van der Waals surface area (Å²) in [4.78, 5) is 37.8. The number of aromatic nitrogens is 2. The van der Waals surface area contributed by atoms with Crippen molar-refractivity contribution in [3.8, 4) is 0 Å². The van der Waals surface area contributed by atoms with Crippen molar-refractivity contribution < 1.29 is 14.7 Å². The molecule has 1 atom stereocenters. The van der Waals surface area contributed by atoms with Crippen LogP contribution in [0, 0.1) is 11.3 Å². The first kappa shape index (κ1) is 17.5. The Labute approximate surface area is 156 Å². The molecule has 1 aliphatic carbocycles. The smallest absolute Gasteiger partial charge is 0.307 e. The molecule has 1 amide bonds. The molecule has 7 heteroatoms. The molecule has 0 bridgehead atoms. The Balaban J connectivity index is 1.46. The van der Waals surface area contributed by atoms with Crippen LogP contribution in [0.25, 0.3) is 0 Å². The molecule has 2 aromatic rings. The summed E-state index contributed by atoms with van der Waals surface area (Å²) in [6, 6.07) is 12.3. The average molecular weight is 367 g/mol. The molecule has 1 aliphatic heterocycles. The van der Waals surface area contributed by atoms with E-state index in [2.05, 4.69) is 5.10 Å². The number of amides is 1. The first-order chi connectivity index (χ1) is 13.0. The van der Waals surface area contributed by atoms with Crippen LogP contribution in [0.3, 0.4) is 0 Å². The SMILES string of the molecule is O=C(O)C1CC12CCN(C(=O)c1ccc(=O)n(Cc3ccccc3)n1)CC2. The summed E-state index contributed by atoms with van der Waals surface area (Å²) >= 11 is 0. The van der Waals surface area contributed by atoms with Crippen molar-refractivity contribution in [3.63, 3.8) is 0 Å². The minimum atomic E-state index is -0.732. The quantitative estimate of drug-likeness (QED) is 0.886. The molecule has 2 heterocycles. The molecule has 1 saturated carbocycles. The van der Waals surface area contributed by atoms with Gasteiger partial charge in [-0.05, 0) is 36.3 Å². The van der Waals surface area contributed by atoms with Gasteiger partial charge in [-0.25, -0.2) is 4.68 Å². The summed E-state index contributed by atoms with van der Waals surface area (Å²) in [6.07, 6.45) is 2.13. The van der Waals surface area contributed by atoms with Crippen LogP contribution in [0.15, 0.2) is 47.3 Å². The molecule has 2 aliphatic rings. The lowest BCUT2D eigenvalue weighted by atomic mass is 9.90. The summed E-state index contributed by atoms with van der Waals surface area (Å²) < 4.78 is 1.30. The van der Waals surface area contributed by atoms with E-state index < -0.39 is 5.97 Å². The van der Waals surface area contributed by atoms with Gasteiger partial charge < -0.3 is 10.0 Å². The number of carbonyl (C=O) groups excluding carboxylic acids is 1. The number of carboxylic acids is 1. The fourth-order valence-electron chi connectivity index (χ4n) is 4.00. The fourth-order valence-corrected chi connectivity index (χ4v) is 4.00. The van der Waals surface area contributed by atoms with Crippen molar-refractivity contribution >= 4 is 11.9 Å². The number of likely N-dealkylation sites (tertiary alicyclic amines) is 1. The molecule has 27 heavy (non-hydrogen) atoms. The summed E-state index contributed by atoms with van der Waals surface area (Å²) in [5.41, 5.74) is 0.801. The van der Waals surface area contributed by atoms with Crippen LogP contribution in [0.4, 0.5) is 0 Å². The molecule has 1 unspecified atom stereocenters. The van der Waals surface area contributed by atoms with Crippen LogP contribution in [-0.4, -0.2) is 44.8 Å². The van der Waals surface area contributed by atoms with E-state index in [-0.39, 0.29) is 28.5 Å². The summed E-state index contributed by atoms with van der Waals surface area (Å²) in [7, 11) is 0. The third-order valence-corrected chi connectivity index (χ3v) is 5.80. The molecule has 2 fully saturated rings. The molecule has 1 N–H and O–H groups in total. The molecule has 4 rings (SSSR count). The molecule has 1 aromatic carbocycles. The molecule has 1 saturated heterocycles. The van der Waals surface area contributed by atoms with E-state index in [4.69, 9.17) is 0 Å². The Kier molecular flexibility index (Phi) is 4.30. The summed E-state index contributed by atoms with van der Waals surface area (Å²) in [5.74, 6) is -1.20. The fraction of sp³-hybridized carbons (Fsp3) is 0.400. The van der Waals surface area contributed by atoms with Crippen molar-refractivity contribution in [1.29, 1.82) is 0 Å². The summed E-state index contributed by atoms with van der Waals surface area (Å²) in [5, 5.41) is 13.4. The second-order valence-electron chi connectivity index (χ2n) is 7.45. The van der Waals surface area contributed by atoms with Gasteiger partial charge in [0.05, 0.1) is 12.5 Å². The average Bonchev–Trinajstić information content (AvgIpc) is 3.38. The number of rotatable bonds is 4. The van der Waals surface area contributed by atoms with E-state index >= 15 is 0 Å². The van der Waals surface area contributed by atoms with Crippen LogP contribution in [-0.2, 0) is 11.3 Å². The molecule has 1 spiro atoms. The second kappa shape index (κ2) is 6.64. The van der Waals surface area contributed by atoms with Gasteiger partial charge in [0.15, 0.2) is 0 Å². The lowest BCUT2D eigenvalue weighted by Gasteiger charge is -2.32. The third kappa shape index (κ3) is 3.37. The third-order valence-electron chi connectivity index (χ3n) is 5.80. The van der Waals surface area contributed by atoms with Gasteiger partial charge in [0.2, 0.25) is 0 Å². The zero-order valence-electron chi connectivity index (χ0n) is 14.9. The number of benzene rings is 1. The van der Waals surface area contributed by atoms with Crippen LogP contribution in [0.5, 0.6) is 0 Å². The van der Waals surface area contributed by atoms with Crippen LogP contribution >= 0.6 is 0 Å². The Morgan fingerprint density at radius 3 is 2.44 bits per heavy atom. The number of piperidine rings is 1. The zero-order chi connectivity index (χ0) is 19.0. The topological polar surface area (TPSA) is 92.5 Å². The van der Waals surface area contributed by atoms with Crippen molar-refractivity contribution in [2.75, 3.05) is 13.1 Å². The molecule has 1 aromatic heterocycles. The van der Waals surface area contributed by atoms with Crippen molar-refractivity contribution in [2.24, 2.45) is 11.3 Å². The minimum absolute atomic E-state index is 0.123. The lowest BCUT2D eigenvalue weighted by Crippen LogP contribution is -2.41. The number of hydrogen-bond acceptors (Lipinski definition) is 4. The Hall–Kier alpha value is -2.96. The molecular weight excluding hydrogens is 346 g/mol. The van der Waals surface area contributed by atoms with E-state index in [9.17, 15) is 19.5 Å². The van der Waals surface area contributed by atoms with E-state index in [1.54, 1.807) is 4.90 Å². The number of carbonyl (C=O) groups is 2. The highest BCUT2D eigenvalue weighted by molar-refractivity contribution is 5.92.